The zero-order chi connectivity index (χ0) is 14.1. The number of nitrogens with two attached hydrogens (primary N) is 1. The van der Waals surface area contributed by atoms with Crippen molar-refractivity contribution in [2.45, 2.75) is 13.3 Å². The topological polar surface area (TPSA) is 81.4 Å². The summed E-state index contributed by atoms with van der Waals surface area (Å²) < 4.78 is 30.9. The van der Waals surface area contributed by atoms with Crippen molar-refractivity contribution in [2.24, 2.45) is 0 Å². The van der Waals surface area contributed by atoms with E-state index in [9.17, 15) is 8.42 Å². The van der Waals surface area contributed by atoms with Crippen molar-refractivity contribution >= 4 is 15.7 Å². The third-order valence-electron chi connectivity index (χ3n) is 2.25. The molecular weight excluding hydrogens is 264 g/mol. The normalized spacial score (nSPS) is 10.6. The van der Waals surface area contributed by atoms with Crippen molar-refractivity contribution in [2.75, 3.05) is 24.6 Å². The van der Waals surface area contributed by atoms with Crippen molar-refractivity contribution in [1.29, 1.82) is 0 Å². The van der Waals surface area contributed by atoms with Gasteiger partial charge in [-0.15, -0.1) is 11.8 Å². The number of sulfonamides is 1. The van der Waals surface area contributed by atoms with Gasteiger partial charge in [0.15, 0.2) is 0 Å². The molecule has 3 N–H and O–H groups in total. The molecule has 0 radical (unpaired) electrons. The molecule has 0 aliphatic carbocycles. The summed E-state index contributed by atoms with van der Waals surface area (Å²) in [5.41, 5.74) is 6.17. The van der Waals surface area contributed by atoms with Gasteiger partial charge < -0.3 is 10.5 Å². The third kappa shape index (κ3) is 6.70. The number of nitrogens with one attached hydrogen (secondary N) is 1. The molecule has 6 heteroatoms. The Balaban J connectivity index is 2.30. The lowest BCUT2D eigenvalue weighted by molar-refractivity contribution is 0.340. The van der Waals surface area contributed by atoms with E-state index < -0.39 is 10.0 Å². The minimum absolute atomic E-state index is 0.0864. The number of nitrogen functional groups attached to an aromatic ring is 1. The fraction of sp³-hybridized carbons (Fsp3) is 0.385. The lowest BCUT2D eigenvalue weighted by Gasteiger charge is -2.07. The molecule has 0 aliphatic rings. The average Bonchev–Trinajstić information content (AvgIpc) is 2.37. The zero-order valence-electron chi connectivity index (χ0n) is 10.8. The van der Waals surface area contributed by atoms with Gasteiger partial charge in [-0.05, 0) is 31.2 Å². The van der Waals surface area contributed by atoms with Crippen molar-refractivity contribution in [3.63, 3.8) is 0 Å². The van der Waals surface area contributed by atoms with Crippen molar-refractivity contribution in [3.05, 3.63) is 24.3 Å². The molecule has 0 atom stereocenters. The van der Waals surface area contributed by atoms with Gasteiger partial charge in [0.1, 0.15) is 12.4 Å². The molecule has 1 aromatic carbocycles. The number of benzene rings is 1. The van der Waals surface area contributed by atoms with E-state index in [1.165, 1.54) is 0 Å². The molecule has 1 aromatic rings. The predicted octanol–water partition coefficient (Wildman–Crippen LogP) is 0.980. The molecular formula is C13H18N2O3S. The maximum absolute atomic E-state index is 11.6. The van der Waals surface area contributed by atoms with Gasteiger partial charge >= 0.3 is 0 Å². The number of ether oxygens (including phenoxy) is 1. The van der Waals surface area contributed by atoms with Crippen LogP contribution >= 0.6 is 0 Å². The summed E-state index contributed by atoms with van der Waals surface area (Å²) >= 11 is 0. The standard InChI is InChI=1S/C13H18N2O3S/c1-2-3-4-9-15-19(16,17)11-10-18-13-7-5-12(14)6-8-13/h5-8,15H,4,9-11,14H2,1H3. The minimum atomic E-state index is -3.31. The maximum atomic E-state index is 11.6. The fourth-order valence-electron chi connectivity index (χ4n) is 1.30. The molecule has 0 saturated carbocycles. The van der Waals surface area contributed by atoms with Crippen molar-refractivity contribution in [3.8, 4) is 17.6 Å². The molecule has 0 spiro atoms. The van der Waals surface area contributed by atoms with E-state index in [0.29, 0.717) is 24.4 Å². The average molecular weight is 282 g/mol. The van der Waals surface area contributed by atoms with Crippen LogP contribution in [0, 0.1) is 11.8 Å². The molecule has 0 heterocycles. The summed E-state index contributed by atoms with van der Waals surface area (Å²) in [6, 6.07) is 6.80. The summed E-state index contributed by atoms with van der Waals surface area (Å²) in [6.45, 7) is 2.14. The molecule has 104 valence electrons. The van der Waals surface area contributed by atoms with Crippen molar-refractivity contribution in [1.82, 2.24) is 4.72 Å². The molecule has 0 saturated heterocycles. The van der Waals surface area contributed by atoms with Crippen LogP contribution in [0.15, 0.2) is 24.3 Å². The van der Waals surface area contributed by atoms with E-state index in [1.807, 2.05) is 0 Å². The Morgan fingerprint density at radius 1 is 1.32 bits per heavy atom. The second-order valence-corrected chi connectivity index (χ2v) is 5.73. The second-order valence-electron chi connectivity index (χ2n) is 3.81. The fourth-order valence-corrected chi connectivity index (χ4v) is 2.16. The first-order valence-corrected chi connectivity index (χ1v) is 7.54. The highest BCUT2D eigenvalue weighted by Crippen LogP contribution is 2.12. The van der Waals surface area contributed by atoms with E-state index in [-0.39, 0.29) is 12.4 Å². The Morgan fingerprint density at radius 3 is 2.63 bits per heavy atom. The van der Waals surface area contributed by atoms with Crippen LogP contribution in [-0.4, -0.2) is 27.3 Å². The van der Waals surface area contributed by atoms with Crippen LogP contribution in [0.5, 0.6) is 5.75 Å². The van der Waals surface area contributed by atoms with Gasteiger partial charge in [0.2, 0.25) is 10.0 Å². The second kappa shape index (κ2) is 7.67. The van der Waals surface area contributed by atoms with E-state index >= 15 is 0 Å². The summed E-state index contributed by atoms with van der Waals surface area (Å²) in [4.78, 5) is 0. The van der Waals surface area contributed by atoms with Gasteiger partial charge in [0.05, 0.1) is 5.75 Å². The summed E-state index contributed by atoms with van der Waals surface area (Å²) in [6.07, 6.45) is 0.508. The van der Waals surface area contributed by atoms with Crippen LogP contribution in [0.3, 0.4) is 0 Å². The highest BCUT2D eigenvalue weighted by atomic mass is 32.2. The molecule has 0 aromatic heterocycles. The lowest BCUT2D eigenvalue weighted by Crippen LogP contribution is -2.29. The molecule has 19 heavy (non-hydrogen) atoms. The first-order valence-electron chi connectivity index (χ1n) is 5.89. The predicted molar refractivity (Wildman–Crippen MR) is 76.2 cm³/mol. The van der Waals surface area contributed by atoms with Gasteiger partial charge in [0, 0.05) is 18.7 Å². The molecule has 1 rings (SSSR count). The highest BCUT2D eigenvalue weighted by molar-refractivity contribution is 7.89. The minimum Gasteiger partial charge on any atom is -0.492 e. The summed E-state index contributed by atoms with van der Waals surface area (Å²) in [7, 11) is -3.31. The first kappa shape index (κ1) is 15.3. The van der Waals surface area contributed by atoms with E-state index in [1.54, 1.807) is 31.2 Å². The lowest BCUT2D eigenvalue weighted by atomic mass is 10.3. The van der Waals surface area contributed by atoms with Crippen LogP contribution in [-0.2, 0) is 10.0 Å². The smallest absolute Gasteiger partial charge is 0.214 e. The first-order chi connectivity index (χ1) is 9.03. The third-order valence-corrected chi connectivity index (χ3v) is 3.60. The zero-order valence-corrected chi connectivity index (χ0v) is 11.7. The molecule has 5 nitrogen and oxygen atoms in total. The van der Waals surface area contributed by atoms with Crippen LogP contribution in [0.25, 0.3) is 0 Å². The van der Waals surface area contributed by atoms with Crippen molar-refractivity contribution < 1.29 is 13.2 Å². The van der Waals surface area contributed by atoms with E-state index in [0.717, 1.165) is 0 Å². The monoisotopic (exact) mass is 282 g/mol. The molecule has 0 aliphatic heterocycles. The largest absolute Gasteiger partial charge is 0.492 e. The highest BCUT2D eigenvalue weighted by Gasteiger charge is 2.09. The van der Waals surface area contributed by atoms with Gasteiger partial charge in [-0.1, -0.05) is 0 Å². The Hall–Kier alpha value is -1.71. The Labute approximate surface area is 114 Å². The molecule has 0 amide bonds. The Kier molecular flexibility index (Phi) is 6.19. The van der Waals surface area contributed by atoms with E-state index in [2.05, 4.69) is 16.6 Å². The van der Waals surface area contributed by atoms with Crippen LogP contribution in [0.1, 0.15) is 13.3 Å². The van der Waals surface area contributed by atoms with Gasteiger partial charge in [-0.2, -0.15) is 0 Å². The Morgan fingerprint density at radius 2 is 2.00 bits per heavy atom. The maximum Gasteiger partial charge on any atom is 0.214 e. The van der Waals surface area contributed by atoms with Crippen LogP contribution < -0.4 is 15.2 Å². The summed E-state index contributed by atoms with van der Waals surface area (Å²) in [5.74, 6) is 6.00. The number of anilines is 1. The number of hydrogen-bond acceptors (Lipinski definition) is 4. The quantitative estimate of drug-likeness (QED) is 0.444. The molecule has 0 fully saturated rings. The number of hydrogen-bond donors (Lipinski definition) is 2. The SMILES string of the molecule is CC#CCCNS(=O)(=O)CCOc1ccc(N)cc1. The van der Waals surface area contributed by atoms with Gasteiger partial charge in [0.25, 0.3) is 0 Å². The van der Waals surface area contributed by atoms with Gasteiger partial charge in [-0.3, -0.25) is 0 Å². The molecule has 0 bridgehead atoms. The van der Waals surface area contributed by atoms with Crippen LogP contribution in [0.2, 0.25) is 0 Å². The van der Waals surface area contributed by atoms with Crippen LogP contribution in [0.4, 0.5) is 5.69 Å². The van der Waals surface area contributed by atoms with E-state index in [4.69, 9.17) is 10.5 Å². The summed E-state index contributed by atoms with van der Waals surface area (Å²) in [5, 5.41) is 0. The van der Waals surface area contributed by atoms with Gasteiger partial charge in [-0.25, -0.2) is 13.1 Å². The number of rotatable bonds is 7. The molecule has 0 unspecified atom stereocenters. The Bertz CT molecular complexity index is 541.